The van der Waals surface area contributed by atoms with Crippen molar-refractivity contribution < 1.29 is 14.3 Å². The fourth-order valence-corrected chi connectivity index (χ4v) is 7.57. The van der Waals surface area contributed by atoms with Crippen molar-refractivity contribution in [2.24, 2.45) is 0 Å². The maximum atomic E-state index is 13.4. The topological polar surface area (TPSA) is 41.8 Å². The maximum absolute atomic E-state index is 13.4. The van der Waals surface area contributed by atoms with Crippen LogP contribution in [0.25, 0.3) is 16.7 Å². The molecule has 0 saturated heterocycles. The fraction of sp³-hybridized carbons (Fsp3) is 0.333. The van der Waals surface area contributed by atoms with Gasteiger partial charge in [0, 0.05) is 59.6 Å². The lowest BCUT2D eigenvalue weighted by Gasteiger charge is -2.43. The van der Waals surface area contributed by atoms with Crippen molar-refractivity contribution in [2.45, 2.75) is 66.5 Å². The van der Waals surface area contributed by atoms with E-state index in [1.165, 1.54) is 22.3 Å². The summed E-state index contributed by atoms with van der Waals surface area (Å²) in [6.07, 6.45) is 6.28. The Labute approximate surface area is 261 Å². The van der Waals surface area contributed by atoms with Gasteiger partial charge in [-0.3, -0.25) is 0 Å². The largest absolute Gasteiger partial charge is 0.458 e. The van der Waals surface area contributed by atoms with Crippen LogP contribution in [-0.4, -0.2) is 36.7 Å². The molecule has 44 heavy (non-hydrogen) atoms. The average molecular weight is 588 g/mol. The second-order valence-corrected chi connectivity index (χ2v) is 13.1. The Hall–Kier alpha value is -4.38. The molecule has 0 aliphatic carbocycles. The van der Waals surface area contributed by atoms with E-state index in [1.54, 1.807) is 6.08 Å². The molecule has 0 radical (unpaired) electrons. The first-order valence-electron chi connectivity index (χ1n) is 15.7. The highest BCUT2D eigenvalue weighted by molar-refractivity contribution is 6.00. The number of benzene rings is 3. The molecule has 3 aromatic carbocycles. The van der Waals surface area contributed by atoms with Crippen molar-refractivity contribution >= 4 is 28.4 Å². The molecule has 0 aromatic heterocycles. The van der Waals surface area contributed by atoms with Crippen LogP contribution in [0.3, 0.4) is 0 Å². The van der Waals surface area contributed by atoms with Crippen molar-refractivity contribution in [2.75, 3.05) is 24.6 Å². The third kappa shape index (κ3) is 4.61. The number of hydrogen-bond acceptors (Lipinski definition) is 4. The van der Waals surface area contributed by atoms with Gasteiger partial charge in [0.25, 0.3) is 0 Å². The zero-order chi connectivity index (χ0) is 31.6. The predicted octanol–water partition coefficient (Wildman–Crippen LogP) is 7.11. The monoisotopic (exact) mass is 587 g/mol. The van der Waals surface area contributed by atoms with Gasteiger partial charge in [-0.25, -0.2) is 9.37 Å². The molecule has 3 aliphatic rings. The standard InChI is InChI=1S/C39H43N2O3/c1-10-17-43-37(42)27-16-14-13-15-26(27)36-30-18-28-24(4)22-38(6,7)40(11-2)32(28)20-34(30)44-35-21-33-29(19-31(35)36)25(5)23-39(8,9)41(33)12-3/h10,13-16,18-23H,1,11-12,17H2,2-9H3/q+1. The van der Waals surface area contributed by atoms with E-state index in [-0.39, 0.29) is 23.7 Å². The highest BCUT2D eigenvalue weighted by Gasteiger charge is 2.36. The first kappa shape index (κ1) is 29.7. The van der Waals surface area contributed by atoms with E-state index in [2.05, 4.69) is 108 Å². The molecule has 0 fully saturated rings. The molecule has 3 aliphatic heterocycles. The number of carbonyl (C=O) groups excluding carboxylic acids is 1. The third-order valence-corrected chi connectivity index (χ3v) is 9.30. The summed E-state index contributed by atoms with van der Waals surface area (Å²) >= 11 is 0. The summed E-state index contributed by atoms with van der Waals surface area (Å²) in [5.41, 5.74) is 8.99. The first-order chi connectivity index (χ1) is 20.9. The van der Waals surface area contributed by atoms with Crippen LogP contribution in [0.15, 0.2) is 73.3 Å². The number of nitrogens with zero attached hydrogens (tertiary/aromatic N) is 2. The lowest BCUT2D eigenvalue weighted by Crippen LogP contribution is -2.49. The van der Waals surface area contributed by atoms with Gasteiger partial charge in [-0.15, -0.1) is 0 Å². The maximum Gasteiger partial charge on any atom is 0.339 e. The molecule has 3 heterocycles. The van der Waals surface area contributed by atoms with Crippen molar-refractivity contribution in [3.63, 3.8) is 0 Å². The van der Waals surface area contributed by atoms with E-state index in [1.807, 2.05) is 24.3 Å². The Morgan fingerprint density at radius 1 is 0.932 bits per heavy atom. The number of hydrogen-bond donors (Lipinski definition) is 0. The van der Waals surface area contributed by atoms with Crippen LogP contribution in [0.4, 0.5) is 5.69 Å². The number of rotatable bonds is 6. The molecule has 5 heteroatoms. The van der Waals surface area contributed by atoms with Gasteiger partial charge >= 0.3 is 5.97 Å². The highest BCUT2D eigenvalue weighted by Crippen LogP contribution is 2.46. The molecule has 0 unspecified atom stereocenters. The van der Waals surface area contributed by atoms with Crippen LogP contribution in [0.1, 0.15) is 88.0 Å². The second kappa shape index (κ2) is 10.7. The molecule has 0 atom stereocenters. The zero-order valence-electron chi connectivity index (χ0n) is 27.3. The fourth-order valence-electron chi connectivity index (χ4n) is 7.57. The number of likely N-dealkylation sites (N-methyl/N-ethyl adjacent to an activating group) is 2. The number of allylic oxidation sites excluding steroid dienone is 2. The summed E-state index contributed by atoms with van der Waals surface area (Å²) in [5.74, 6) is 1.20. The Balaban J connectivity index is 1.74. The Morgan fingerprint density at radius 2 is 1.66 bits per heavy atom. The van der Waals surface area contributed by atoms with Gasteiger partial charge in [0.05, 0.1) is 17.2 Å². The summed E-state index contributed by atoms with van der Waals surface area (Å²) in [7, 11) is 0. The van der Waals surface area contributed by atoms with Crippen LogP contribution < -0.4 is 24.8 Å². The second-order valence-electron chi connectivity index (χ2n) is 13.1. The molecule has 226 valence electrons. The Morgan fingerprint density at radius 3 is 2.36 bits per heavy atom. The smallest absolute Gasteiger partial charge is 0.339 e. The van der Waals surface area contributed by atoms with E-state index < -0.39 is 0 Å². The summed E-state index contributed by atoms with van der Waals surface area (Å²) in [5, 5.41) is 2.12. The number of carbonyl (C=O) groups is 1. The predicted molar refractivity (Wildman–Crippen MR) is 181 cm³/mol. The molecule has 5 nitrogen and oxygen atoms in total. The SMILES string of the molecule is C=CCOC(=O)c1ccccc1C1=c2cc3c(cc2Oc2cc4c(cc21)C(C)=CC(C)(C)N4CC)=[N+](CC)C(C)(C)C=C3C. The van der Waals surface area contributed by atoms with Gasteiger partial charge in [-0.1, -0.05) is 36.9 Å². The van der Waals surface area contributed by atoms with E-state index in [9.17, 15) is 4.79 Å². The number of anilines is 1. The quantitative estimate of drug-likeness (QED) is 0.137. The lowest BCUT2D eigenvalue weighted by molar-refractivity contribution is 0.0549. The molecular formula is C39H43N2O3+. The first-order valence-corrected chi connectivity index (χ1v) is 15.7. The summed E-state index contributed by atoms with van der Waals surface area (Å²) in [6, 6.07) is 16.6. The third-order valence-electron chi connectivity index (χ3n) is 9.30. The minimum atomic E-state index is -0.372. The zero-order valence-corrected chi connectivity index (χ0v) is 27.3. The highest BCUT2D eigenvalue weighted by atomic mass is 16.5. The van der Waals surface area contributed by atoms with Crippen molar-refractivity contribution in [1.82, 2.24) is 4.58 Å². The summed E-state index contributed by atoms with van der Waals surface area (Å²) in [6.45, 7) is 23.4. The van der Waals surface area contributed by atoms with Gasteiger partial charge in [0.15, 0.2) is 5.54 Å². The van der Waals surface area contributed by atoms with Crippen molar-refractivity contribution in [3.05, 3.63) is 112 Å². The molecule has 0 bridgehead atoms. The number of esters is 1. The minimum Gasteiger partial charge on any atom is -0.458 e. The van der Waals surface area contributed by atoms with Gasteiger partial charge in [-0.05, 0) is 82.5 Å². The lowest BCUT2D eigenvalue weighted by atomic mass is 9.83. The van der Waals surface area contributed by atoms with Crippen LogP contribution in [-0.2, 0) is 4.74 Å². The van der Waals surface area contributed by atoms with E-state index in [4.69, 9.17) is 9.47 Å². The van der Waals surface area contributed by atoms with Crippen LogP contribution >= 0.6 is 0 Å². The van der Waals surface area contributed by atoms with E-state index >= 15 is 0 Å². The molecular weight excluding hydrogens is 544 g/mol. The van der Waals surface area contributed by atoms with E-state index in [0.29, 0.717) is 5.56 Å². The molecule has 3 aromatic rings. The molecule has 6 rings (SSSR count). The van der Waals surface area contributed by atoms with Gasteiger partial charge in [0.2, 0.25) is 5.36 Å². The number of ether oxygens (including phenoxy) is 2. The summed E-state index contributed by atoms with van der Waals surface area (Å²) in [4.78, 5) is 15.8. The number of fused-ring (bicyclic) bond motifs is 4. The van der Waals surface area contributed by atoms with Crippen LogP contribution in [0.5, 0.6) is 11.5 Å². The Bertz CT molecular complexity index is 1920. The average Bonchev–Trinajstić information content (AvgIpc) is 2.97. The minimum absolute atomic E-state index is 0.128. The molecule has 0 spiro atoms. The van der Waals surface area contributed by atoms with Gasteiger partial charge in [-0.2, -0.15) is 0 Å². The van der Waals surface area contributed by atoms with Crippen LogP contribution in [0.2, 0.25) is 0 Å². The molecule has 0 saturated carbocycles. The van der Waals surface area contributed by atoms with Crippen molar-refractivity contribution in [1.29, 1.82) is 0 Å². The van der Waals surface area contributed by atoms with Gasteiger partial charge in [0.1, 0.15) is 24.7 Å². The normalized spacial score (nSPS) is 17.3. The van der Waals surface area contributed by atoms with Gasteiger partial charge < -0.3 is 14.4 Å². The molecule has 0 N–H and O–H groups in total. The van der Waals surface area contributed by atoms with Crippen molar-refractivity contribution in [3.8, 4) is 11.5 Å². The van der Waals surface area contributed by atoms with E-state index in [0.717, 1.165) is 57.6 Å². The molecule has 0 amide bonds. The van der Waals surface area contributed by atoms with Crippen LogP contribution in [0, 0.1) is 0 Å². The Kier molecular flexibility index (Phi) is 7.19. The summed E-state index contributed by atoms with van der Waals surface area (Å²) < 4.78 is 14.9.